The maximum atomic E-state index is 5.15. The number of fused-ring (bicyclic) bond motifs is 1. The summed E-state index contributed by atoms with van der Waals surface area (Å²) < 4.78 is 2.24. The topological polar surface area (TPSA) is 0 Å². The Hall–Kier alpha value is -0.730. The Bertz CT molecular complexity index is 468. The van der Waals surface area contributed by atoms with Gasteiger partial charge in [-0.2, -0.15) is 0 Å². The molecule has 0 bridgehead atoms. The molecule has 1 aromatic heterocycles. The summed E-state index contributed by atoms with van der Waals surface area (Å²) in [5.41, 5.74) is 1.27. The summed E-state index contributed by atoms with van der Waals surface area (Å²) in [6, 6.07) is 10.4. The van der Waals surface area contributed by atoms with Crippen molar-refractivity contribution in [2.24, 2.45) is 0 Å². The standard InChI is InChI=1S/C10H8S2/c1-7-6-10(11)12-9-5-3-2-4-8(7)9/h2-6H,1H3. The van der Waals surface area contributed by atoms with Gasteiger partial charge in [-0.25, -0.2) is 0 Å². The van der Waals surface area contributed by atoms with Gasteiger partial charge >= 0.3 is 0 Å². The van der Waals surface area contributed by atoms with Crippen molar-refractivity contribution in [2.45, 2.75) is 6.92 Å². The van der Waals surface area contributed by atoms with Crippen molar-refractivity contribution >= 4 is 33.6 Å². The van der Waals surface area contributed by atoms with Crippen molar-refractivity contribution in [2.75, 3.05) is 0 Å². The van der Waals surface area contributed by atoms with Crippen molar-refractivity contribution in [3.8, 4) is 0 Å². The number of aryl methyl sites for hydroxylation is 1. The number of rotatable bonds is 0. The summed E-state index contributed by atoms with van der Waals surface area (Å²) in [7, 11) is 0. The van der Waals surface area contributed by atoms with Gasteiger partial charge < -0.3 is 0 Å². The van der Waals surface area contributed by atoms with E-state index >= 15 is 0 Å². The van der Waals surface area contributed by atoms with E-state index in [2.05, 4.69) is 31.2 Å². The molecule has 0 aliphatic heterocycles. The fourth-order valence-corrected chi connectivity index (χ4v) is 2.66. The predicted octanol–water partition coefficient (Wildman–Crippen LogP) is 3.94. The zero-order valence-corrected chi connectivity index (χ0v) is 8.34. The van der Waals surface area contributed by atoms with E-state index in [1.165, 1.54) is 15.6 Å². The Kier molecular flexibility index (Phi) is 1.95. The van der Waals surface area contributed by atoms with Gasteiger partial charge in [0.2, 0.25) is 0 Å². The van der Waals surface area contributed by atoms with Gasteiger partial charge in [0.25, 0.3) is 0 Å². The van der Waals surface area contributed by atoms with Gasteiger partial charge in [-0.15, -0.1) is 11.3 Å². The molecule has 60 valence electrons. The molecule has 1 aromatic carbocycles. The third-order valence-corrected chi connectivity index (χ3v) is 3.12. The second kappa shape index (κ2) is 2.96. The highest BCUT2D eigenvalue weighted by Gasteiger charge is 1.95. The summed E-state index contributed by atoms with van der Waals surface area (Å²) in [5, 5.41) is 1.32. The quantitative estimate of drug-likeness (QED) is 0.570. The average molecular weight is 192 g/mol. The Morgan fingerprint density at radius 2 is 2.00 bits per heavy atom. The lowest BCUT2D eigenvalue weighted by Gasteiger charge is -1.98. The summed E-state index contributed by atoms with van der Waals surface area (Å²) >= 11 is 6.82. The molecule has 0 aliphatic rings. The Labute approximate surface area is 80.5 Å². The Morgan fingerprint density at radius 1 is 1.25 bits per heavy atom. The highest BCUT2D eigenvalue weighted by atomic mass is 32.1. The molecular formula is C10H8S2. The Morgan fingerprint density at radius 3 is 2.83 bits per heavy atom. The number of hydrogen-bond donors (Lipinski definition) is 0. The molecule has 12 heavy (non-hydrogen) atoms. The zero-order valence-electron chi connectivity index (χ0n) is 6.70. The summed E-state index contributed by atoms with van der Waals surface area (Å²) in [4.78, 5) is 0. The molecule has 0 radical (unpaired) electrons. The van der Waals surface area contributed by atoms with E-state index < -0.39 is 0 Å². The highest BCUT2D eigenvalue weighted by Crippen LogP contribution is 2.22. The molecule has 2 rings (SSSR count). The van der Waals surface area contributed by atoms with Crippen molar-refractivity contribution in [1.29, 1.82) is 0 Å². The summed E-state index contributed by atoms with van der Waals surface area (Å²) in [6.07, 6.45) is 0. The van der Waals surface area contributed by atoms with Crippen LogP contribution in [-0.2, 0) is 0 Å². The monoisotopic (exact) mass is 192 g/mol. The van der Waals surface area contributed by atoms with Crippen LogP contribution in [0.1, 0.15) is 5.56 Å². The third kappa shape index (κ3) is 1.28. The maximum absolute atomic E-state index is 5.15. The normalized spacial score (nSPS) is 10.4. The van der Waals surface area contributed by atoms with Gasteiger partial charge in [0, 0.05) is 4.70 Å². The van der Waals surface area contributed by atoms with E-state index in [0.717, 1.165) is 3.82 Å². The molecule has 0 N–H and O–H groups in total. The first kappa shape index (κ1) is 7.90. The summed E-state index contributed by atoms with van der Waals surface area (Å²) in [5.74, 6) is 0. The lowest BCUT2D eigenvalue weighted by atomic mass is 10.2. The first-order valence-corrected chi connectivity index (χ1v) is 4.99. The first-order valence-electron chi connectivity index (χ1n) is 3.77. The minimum absolute atomic E-state index is 0.964. The maximum Gasteiger partial charge on any atom is 0.0908 e. The molecular weight excluding hydrogens is 184 g/mol. The van der Waals surface area contributed by atoms with E-state index in [-0.39, 0.29) is 0 Å². The fourth-order valence-electron chi connectivity index (χ4n) is 1.27. The number of benzene rings is 1. The molecule has 0 amide bonds. The highest BCUT2D eigenvalue weighted by molar-refractivity contribution is 7.73. The molecule has 2 heteroatoms. The minimum Gasteiger partial charge on any atom is -0.124 e. The molecule has 0 atom stereocenters. The van der Waals surface area contributed by atoms with E-state index in [1.54, 1.807) is 11.3 Å². The average Bonchev–Trinajstić information content (AvgIpc) is 2.04. The van der Waals surface area contributed by atoms with Crippen molar-refractivity contribution in [3.05, 3.63) is 39.7 Å². The van der Waals surface area contributed by atoms with E-state index in [4.69, 9.17) is 12.2 Å². The van der Waals surface area contributed by atoms with E-state index in [1.807, 2.05) is 6.07 Å². The van der Waals surface area contributed by atoms with Crippen LogP contribution >= 0.6 is 23.6 Å². The van der Waals surface area contributed by atoms with Gasteiger partial charge in [0.1, 0.15) is 0 Å². The van der Waals surface area contributed by atoms with Crippen LogP contribution in [0.2, 0.25) is 0 Å². The van der Waals surface area contributed by atoms with Gasteiger partial charge in [-0.1, -0.05) is 30.4 Å². The molecule has 0 saturated heterocycles. The molecule has 0 nitrogen and oxygen atoms in total. The van der Waals surface area contributed by atoms with Crippen LogP contribution < -0.4 is 0 Å². The van der Waals surface area contributed by atoms with Crippen LogP contribution in [-0.4, -0.2) is 0 Å². The van der Waals surface area contributed by atoms with Crippen LogP contribution in [0.25, 0.3) is 10.1 Å². The second-order valence-electron chi connectivity index (χ2n) is 2.74. The Balaban J connectivity index is 2.99. The second-order valence-corrected chi connectivity index (χ2v) is 4.53. The van der Waals surface area contributed by atoms with Gasteiger partial charge in [0.05, 0.1) is 3.82 Å². The van der Waals surface area contributed by atoms with Gasteiger partial charge in [-0.3, -0.25) is 0 Å². The molecule has 2 aromatic rings. The molecule has 0 fully saturated rings. The fraction of sp³-hybridized carbons (Fsp3) is 0.100. The van der Waals surface area contributed by atoms with Crippen LogP contribution in [0.15, 0.2) is 30.3 Å². The predicted molar refractivity (Wildman–Crippen MR) is 57.4 cm³/mol. The first-order chi connectivity index (χ1) is 5.77. The van der Waals surface area contributed by atoms with Crippen LogP contribution in [0, 0.1) is 10.7 Å². The smallest absolute Gasteiger partial charge is 0.0908 e. The SMILES string of the molecule is Cc1cc(=S)sc2ccccc12. The van der Waals surface area contributed by atoms with Crippen LogP contribution in [0.4, 0.5) is 0 Å². The van der Waals surface area contributed by atoms with Crippen molar-refractivity contribution in [3.63, 3.8) is 0 Å². The summed E-state index contributed by atoms with van der Waals surface area (Å²) in [6.45, 7) is 2.10. The molecule has 1 heterocycles. The van der Waals surface area contributed by atoms with E-state index in [9.17, 15) is 0 Å². The largest absolute Gasteiger partial charge is 0.124 e. The van der Waals surface area contributed by atoms with Crippen LogP contribution in [0.5, 0.6) is 0 Å². The lowest BCUT2D eigenvalue weighted by molar-refractivity contribution is 1.55. The van der Waals surface area contributed by atoms with Gasteiger partial charge in [0.15, 0.2) is 0 Å². The van der Waals surface area contributed by atoms with E-state index in [0.29, 0.717) is 0 Å². The zero-order chi connectivity index (χ0) is 8.55. The molecule has 0 spiro atoms. The minimum atomic E-state index is 0.964. The van der Waals surface area contributed by atoms with Crippen LogP contribution in [0.3, 0.4) is 0 Å². The molecule has 0 aliphatic carbocycles. The van der Waals surface area contributed by atoms with Crippen molar-refractivity contribution in [1.82, 2.24) is 0 Å². The van der Waals surface area contributed by atoms with Crippen molar-refractivity contribution < 1.29 is 0 Å². The van der Waals surface area contributed by atoms with Gasteiger partial charge in [-0.05, 0) is 30.0 Å². The molecule has 0 unspecified atom stereocenters. The lowest BCUT2D eigenvalue weighted by Crippen LogP contribution is -1.74. The molecule has 0 saturated carbocycles. The third-order valence-electron chi connectivity index (χ3n) is 1.86. The number of hydrogen-bond acceptors (Lipinski definition) is 2.